The second kappa shape index (κ2) is 9.88. The lowest BCUT2D eigenvalue weighted by atomic mass is 9.72. The molecule has 0 amide bonds. The number of carbonyl (C=O) groups is 3. The van der Waals surface area contributed by atoms with Gasteiger partial charge in [-0.05, 0) is 25.5 Å². The second-order valence-electron chi connectivity index (χ2n) is 6.93. The van der Waals surface area contributed by atoms with E-state index in [1.54, 1.807) is 26.0 Å². The Morgan fingerprint density at radius 1 is 1.13 bits per heavy atom. The summed E-state index contributed by atoms with van der Waals surface area (Å²) in [5.74, 6) is -3.82. The summed E-state index contributed by atoms with van der Waals surface area (Å²) in [4.78, 5) is 48.1. The molecule has 1 aliphatic rings. The molecule has 1 aliphatic carbocycles. The van der Waals surface area contributed by atoms with E-state index >= 15 is 0 Å². The number of hydrogen-bond acceptors (Lipinski definition) is 9. The summed E-state index contributed by atoms with van der Waals surface area (Å²) in [5.41, 5.74) is 0.978. The lowest BCUT2D eigenvalue weighted by Gasteiger charge is -2.33. The van der Waals surface area contributed by atoms with E-state index in [9.17, 15) is 24.5 Å². The van der Waals surface area contributed by atoms with Crippen LogP contribution >= 0.6 is 0 Å². The molecular formula is C21H24N2O8. The summed E-state index contributed by atoms with van der Waals surface area (Å²) >= 11 is 0. The van der Waals surface area contributed by atoms with Crippen LogP contribution in [0.15, 0.2) is 47.2 Å². The molecule has 0 heterocycles. The minimum atomic E-state index is -0.947. The van der Waals surface area contributed by atoms with Crippen molar-refractivity contribution in [2.45, 2.75) is 25.8 Å². The molecule has 10 nitrogen and oxygen atoms in total. The van der Waals surface area contributed by atoms with Gasteiger partial charge in [0.1, 0.15) is 6.04 Å². The molecule has 0 radical (unpaired) electrons. The van der Waals surface area contributed by atoms with E-state index in [2.05, 4.69) is 5.32 Å². The summed E-state index contributed by atoms with van der Waals surface area (Å²) < 4.78 is 14.6. The number of ether oxygens (including phenoxy) is 3. The van der Waals surface area contributed by atoms with Crippen molar-refractivity contribution in [1.29, 1.82) is 0 Å². The topological polar surface area (TPSA) is 134 Å². The van der Waals surface area contributed by atoms with Crippen LogP contribution in [0.2, 0.25) is 0 Å². The lowest BCUT2D eigenvalue weighted by Crippen LogP contribution is -2.39. The van der Waals surface area contributed by atoms with Gasteiger partial charge in [-0.3, -0.25) is 14.9 Å². The zero-order valence-corrected chi connectivity index (χ0v) is 17.8. The van der Waals surface area contributed by atoms with E-state index in [1.165, 1.54) is 39.5 Å². The predicted molar refractivity (Wildman–Crippen MR) is 109 cm³/mol. The molecule has 0 aromatic heterocycles. The van der Waals surface area contributed by atoms with E-state index in [4.69, 9.17) is 14.2 Å². The molecule has 2 rings (SSSR count). The molecule has 31 heavy (non-hydrogen) atoms. The number of allylic oxidation sites excluding steroid dienone is 1. The standard InChI is InChI=1S/C21H24N2O8/c1-11-9-15(22-12(2)19(24)29-3)18(21(26)31-5)17(16(11)20(25)30-4)13-7-6-8-14(10-13)23(27)28/h6-10,12,16-17,22H,1-5H3/t12-,16+,17-/m0/s1. The minimum Gasteiger partial charge on any atom is -0.469 e. The summed E-state index contributed by atoms with van der Waals surface area (Å²) in [6.07, 6.45) is 1.56. The molecule has 0 saturated heterocycles. The number of hydrogen-bond donors (Lipinski definition) is 1. The van der Waals surface area contributed by atoms with Gasteiger partial charge in [-0.2, -0.15) is 0 Å². The van der Waals surface area contributed by atoms with Crippen LogP contribution in [0.3, 0.4) is 0 Å². The van der Waals surface area contributed by atoms with Gasteiger partial charge in [0.05, 0.1) is 37.7 Å². The molecule has 0 saturated carbocycles. The SMILES string of the molecule is COC(=O)C1=C(N[C@@H](C)C(=O)OC)C=C(C)[C@@H](C(=O)OC)[C@@H]1c1cccc([N+](=O)[O-])c1. The Morgan fingerprint density at radius 2 is 1.81 bits per heavy atom. The van der Waals surface area contributed by atoms with Crippen molar-refractivity contribution in [2.24, 2.45) is 5.92 Å². The quantitative estimate of drug-likeness (QED) is 0.297. The van der Waals surface area contributed by atoms with Crippen LogP contribution in [0.4, 0.5) is 5.69 Å². The molecule has 0 spiro atoms. The van der Waals surface area contributed by atoms with Gasteiger partial charge in [0, 0.05) is 23.7 Å². The first-order chi connectivity index (χ1) is 14.7. The zero-order valence-electron chi connectivity index (χ0n) is 17.8. The summed E-state index contributed by atoms with van der Waals surface area (Å²) in [7, 11) is 3.63. The lowest BCUT2D eigenvalue weighted by molar-refractivity contribution is -0.384. The predicted octanol–water partition coefficient (Wildman–Crippen LogP) is 2.01. The number of nitro groups is 1. The van der Waals surface area contributed by atoms with Gasteiger partial charge in [0.2, 0.25) is 0 Å². The van der Waals surface area contributed by atoms with Crippen molar-refractivity contribution in [3.05, 3.63) is 62.9 Å². The van der Waals surface area contributed by atoms with Gasteiger partial charge in [-0.25, -0.2) is 9.59 Å². The van der Waals surface area contributed by atoms with E-state index in [1.807, 2.05) is 0 Å². The molecule has 0 bridgehead atoms. The van der Waals surface area contributed by atoms with Gasteiger partial charge in [-0.1, -0.05) is 17.7 Å². The Kier molecular flexibility index (Phi) is 7.51. The highest BCUT2D eigenvalue weighted by atomic mass is 16.6. The summed E-state index contributed by atoms with van der Waals surface area (Å²) in [6, 6.07) is 4.83. The van der Waals surface area contributed by atoms with Crippen LogP contribution in [0.1, 0.15) is 25.3 Å². The Morgan fingerprint density at radius 3 is 2.35 bits per heavy atom. The van der Waals surface area contributed by atoms with Crippen molar-refractivity contribution in [3.8, 4) is 0 Å². The molecule has 166 valence electrons. The third kappa shape index (κ3) is 4.90. The maximum Gasteiger partial charge on any atom is 0.336 e. The Labute approximate surface area is 179 Å². The van der Waals surface area contributed by atoms with Gasteiger partial charge >= 0.3 is 17.9 Å². The van der Waals surface area contributed by atoms with Crippen LogP contribution in [0.25, 0.3) is 0 Å². The van der Waals surface area contributed by atoms with Gasteiger partial charge in [0.25, 0.3) is 5.69 Å². The Hall–Kier alpha value is -3.69. The van der Waals surface area contributed by atoms with Crippen molar-refractivity contribution in [1.82, 2.24) is 5.32 Å². The molecule has 3 atom stereocenters. The van der Waals surface area contributed by atoms with Crippen LogP contribution in [0, 0.1) is 16.0 Å². The highest BCUT2D eigenvalue weighted by Gasteiger charge is 2.42. The molecular weight excluding hydrogens is 408 g/mol. The Bertz CT molecular complexity index is 966. The molecule has 1 aromatic carbocycles. The number of benzene rings is 1. The fraction of sp³-hybridized carbons (Fsp3) is 0.381. The first kappa shape index (κ1) is 23.6. The maximum absolute atomic E-state index is 12.8. The fourth-order valence-electron chi connectivity index (χ4n) is 3.57. The molecule has 0 unspecified atom stereocenters. The summed E-state index contributed by atoms with van der Waals surface area (Å²) in [6.45, 7) is 3.22. The van der Waals surface area contributed by atoms with Crippen LogP contribution in [-0.4, -0.2) is 50.2 Å². The number of non-ortho nitro benzene ring substituents is 1. The Balaban J connectivity index is 2.76. The number of nitrogens with zero attached hydrogens (tertiary/aromatic N) is 1. The highest BCUT2D eigenvalue weighted by Crippen LogP contribution is 2.43. The van der Waals surface area contributed by atoms with E-state index in [0.29, 0.717) is 11.1 Å². The number of carbonyl (C=O) groups excluding carboxylic acids is 3. The number of nitro benzene ring substituents is 1. The molecule has 0 aliphatic heterocycles. The van der Waals surface area contributed by atoms with Gasteiger partial charge in [-0.15, -0.1) is 0 Å². The normalized spacial score (nSPS) is 19.1. The second-order valence-corrected chi connectivity index (χ2v) is 6.93. The van der Waals surface area contributed by atoms with Crippen LogP contribution < -0.4 is 5.32 Å². The van der Waals surface area contributed by atoms with Crippen LogP contribution in [-0.2, 0) is 28.6 Å². The number of nitrogens with one attached hydrogen (secondary N) is 1. The van der Waals surface area contributed by atoms with Gasteiger partial charge < -0.3 is 19.5 Å². The molecule has 1 aromatic rings. The minimum absolute atomic E-state index is 0.0414. The van der Waals surface area contributed by atoms with Crippen molar-refractivity contribution < 1.29 is 33.5 Å². The molecule has 1 N–H and O–H groups in total. The van der Waals surface area contributed by atoms with E-state index in [-0.39, 0.29) is 17.0 Å². The summed E-state index contributed by atoms with van der Waals surface area (Å²) in [5, 5.41) is 14.2. The number of rotatable bonds is 7. The number of methoxy groups -OCH3 is 3. The zero-order chi connectivity index (χ0) is 23.3. The monoisotopic (exact) mass is 432 g/mol. The fourth-order valence-corrected chi connectivity index (χ4v) is 3.57. The van der Waals surface area contributed by atoms with Gasteiger partial charge in [0.15, 0.2) is 0 Å². The molecule has 10 heteroatoms. The van der Waals surface area contributed by atoms with E-state index < -0.39 is 40.7 Å². The smallest absolute Gasteiger partial charge is 0.336 e. The van der Waals surface area contributed by atoms with Crippen molar-refractivity contribution in [2.75, 3.05) is 21.3 Å². The van der Waals surface area contributed by atoms with E-state index in [0.717, 1.165) is 0 Å². The van der Waals surface area contributed by atoms with Crippen molar-refractivity contribution in [3.63, 3.8) is 0 Å². The third-order valence-corrected chi connectivity index (χ3v) is 5.02. The average molecular weight is 432 g/mol. The average Bonchev–Trinajstić information content (AvgIpc) is 2.76. The highest BCUT2D eigenvalue weighted by molar-refractivity contribution is 5.95. The third-order valence-electron chi connectivity index (χ3n) is 5.02. The largest absolute Gasteiger partial charge is 0.469 e. The van der Waals surface area contributed by atoms with Crippen molar-refractivity contribution >= 4 is 23.6 Å². The number of esters is 3. The molecule has 0 fully saturated rings. The first-order valence-corrected chi connectivity index (χ1v) is 9.33. The van der Waals surface area contributed by atoms with Crippen LogP contribution in [0.5, 0.6) is 0 Å². The maximum atomic E-state index is 12.8. The first-order valence-electron chi connectivity index (χ1n) is 9.33.